The Labute approximate surface area is 169 Å². The van der Waals surface area contributed by atoms with E-state index in [1.165, 1.54) is 11.3 Å². The lowest BCUT2D eigenvalue weighted by Gasteiger charge is -2.32. The van der Waals surface area contributed by atoms with Crippen LogP contribution >= 0.6 is 11.3 Å². The van der Waals surface area contributed by atoms with Crippen LogP contribution in [0.15, 0.2) is 41.8 Å². The summed E-state index contributed by atoms with van der Waals surface area (Å²) in [6.45, 7) is 9.28. The maximum atomic E-state index is 12.6. The Morgan fingerprint density at radius 3 is 2.07 bits per heavy atom. The molecule has 0 spiro atoms. The second kappa shape index (κ2) is 9.50. The van der Waals surface area contributed by atoms with Crippen molar-refractivity contribution in [2.45, 2.75) is 52.8 Å². The molecule has 0 fully saturated rings. The van der Waals surface area contributed by atoms with Crippen molar-refractivity contribution in [2.75, 3.05) is 5.32 Å². The quantitative estimate of drug-likeness (QED) is 0.705. The van der Waals surface area contributed by atoms with Crippen LogP contribution in [0.4, 0.5) is 5.69 Å². The molecule has 1 aromatic heterocycles. The average Bonchev–Trinajstić information content (AvgIpc) is 3.16. The van der Waals surface area contributed by atoms with E-state index in [2.05, 4.69) is 5.32 Å². The topological polar surface area (TPSA) is 75.7 Å². The third-order valence-corrected chi connectivity index (χ3v) is 4.99. The predicted molar refractivity (Wildman–Crippen MR) is 111 cm³/mol. The number of hydrogen-bond donors (Lipinski definition) is 1. The summed E-state index contributed by atoms with van der Waals surface area (Å²) in [6.07, 6.45) is -0.879. The molecule has 28 heavy (non-hydrogen) atoms. The molecule has 2 aromatic rings. The number of esters is 1. The molecule has 1 unspecified atom stereocenters. The van der Waals surface area contributed by atoms with Gasteiger partial charge in [0.15, 0.2) is 6.10 Å². The first-order chi connectivity index (χ1) is 13.2. The van der Waals surface area contributed by atoms with Crippen LogP contribution in [0, 0.1) is 0 Å². The van der Waals surface area contributed by atoms with E-state index in [9.17, 15) is 14.4 Å². The van der Waals surface area contributed by atoms with E-state index < -0.39 is 12.1 Å². The van der Waals surface area contributed by atoms with Crippen LogP contribution < -0.4 is 5.32 Å². The molecule has 0 radical (unpaired) electrons. The second-order valence-corrected chi connectivity index (χ2v) is 7.94. The molecule has 1 N–H and O–H groups in total. The van der Waals surface area contributed by atoms with E-state index in [-0.39, 0.29) is 23.9 Å². The zero-order valence-electron chi connectivity index (χ0n) is 16.8. The standard InChI is InChI=1S/C21H26N2O4S/c1-13(2)23(14(3)4)20(25)15(5)27-21(26)16-8-10-17(11-9-16)22-19(24)18-7-6-12-28-18/h6-15H,1-5H3,(H,22,24). The first-order valence-electron chi connectivity index (χ1n) is 9.18. The van der Waals surface area contributed by atoms with Gasteiger partial charge in [0.05, 0.1) is 10.4 Å². The van der Waals surface area contributed by atoms with Gasteiger partial charge >= 0.3 is 5.97 Å². The number of thiophene rings is 1. The summed E-state index contributed by atoms with van der Waals surface area (Å²) < 4.78 is 5.34. The molecule has 150 valence electrons. The Balaban J connectivity index is 1.98. The number of anilines is 1. The number of hydrogen-bond acceptors (Lipinski definition) is 5. The number of nitrogens with one attached hydrogen (secondary N) is 1. The lowest BCUT2D eigenvalue weighted by atomic mass is 10.2. The van der Waals surface area contributed by atoms with Crippen molar-refractivity contribution in [1.82, 2.24) is 4.90 Å². The Kier molecular flexibility index (Phi) is 7.34. The second-order valence-electron chi connectivity index (χ2n) is 6.99. The van der Waals surface area contributed by atoms with E-state index in [1.807, 2.05) is 33.1 Å². The summed E-state index contributed by atoms with van der Waals surface area (Å²) in [5, 5.41) is 4.60. The Bertz CT molecular complexity index is 805. The minimum absolute atomic E-state index is 0.0138. The minimum atomic E-state index is -0.879. The van der Waals surface area contributed by atoms with Gasteiger partial charge in [0.25, 0.3) is 11.8 Å². The molecule has 0 saturated carbocycles. The van der Waals surface area contributed by atoms with Gasteiger partial charge in [-0.15, -0.1) is 11.3 Å². The van der Waals surface area contributed by atoms with Gasteiger partial charge in [0.2, 0.25) is 0 Å². The van der Waals surface area contributed by atoms with Crippen LogP contribution in [-0.4, -0.2) is 40.9 Å². The molecule has 1 heterocycles. The van der Waals surface area contributed by atoms with Gasteiger partial charge in [0.1, 0.15) is 0 Å². The van der Waals surface area contributed by atoms with Crippen LogP contribution in [0.1, 0.15) is 54.6 Å². The smallest absolute Gasteiger partial charge is 0.338 e. The largest absolute Gasteiger partial charge is 0.449 e. The Hall–Kier alpha value is -2.67. The highest BCUT2D eigenvalue weighted by atomic mass is 32.1. The number of ether oxygens (including phenoxy) is 1. The first kappa shape index (κ1) is 21.6. The molecule has 1 atom stereocenters. The SMILES string of the molecule is CC(OC(=O)c1ccc(NC(=O)c2cccs2)cc1)C(=O)N(C(C)C)C(C)C. The molecule has 6 nitrogen and oxygen atoms in total. The number of rotatable bonds is 7. The lowest BCUT2D eigenvalue weighted by molar-refractivity contribution is -0.143. The van der Waals surface area contributed by atoms with Gasteiger partial charge in [-0.05, 0) is 70.3 Å². The third-order valence-electron chi connectivity index (χ3n) is 4.12. The molecule has 7 heteroatoms. The van der Waals surface area contributed by atoms with E-state index in [4.69, 9.17) is 4.74 Å². The molecule has 0 bridgehead atoms. The van der Waals surface area contributed by atoms with Gasteiger partial charge in [-0.1, -0.05) is 6.07 Å². The van der Waals surface area contributed by atoms with E-state index in [1.54, 1.807) is 48.2 Å². The predicted octanol–water partition coefficient (Wildman–Crippen LogP) is 4.19. The minimum Gasteiger partial charge on any atom is -0.449 e. The van der Waals surface area contributed by atoms with Crippen molar-refractivity contribution >= 4 is 34.8 Å². The number of nitrogens with zero attached hydrogens (tertiary/aromatic N) is 1. The molecule has 0 saturated heterocycles. The fourth-order valence-electron chi connectivity index (χ4n) is 2.88. The molecule has 0 aliphatic rings. The van der Waals surface area contributed by atoms with E-state index in [0.29, 0.717) is 16.1 Å². The monoisotopic (exact) mass is 402 g/mol. The summed E-state index contributed by atoms with van der Waals surface area (Å²) in [5.74, 6) is -1.00. The van der Waals surface area contributed by atoms with Gasteiger partial charge < -0.3 is 15.0 Å². The highest BCUT2D eigenvalue weighted by molar-refractivity contribution is 7.12. The number of amides is 2. The van der Waals surface area contributed by atoms with Crippen LogP contribution in [0.2, 0.25) is 0 Å². The summed E-state index contributed by atoms with van der Waals surface area (Å²) in [6, 6.07) is 9.95. The fraction of sp³-hybridized carbons (Fsp3) is 0.381. The van der Waals surface area contributed by atoms with Crippen molar-refractivity contribution in [1.29, 1.82) is 0 Å². The van der Waals surface area contributed by atoms with Gasteiger partial charge in [0, 0.05) is 17.8 Å². The molecular weight excluding hydrogens is 376 g/mol. The van der Waals surface area contributed by atoms with Crippen LogP contribution in [0.3, 0.4) is 0 Å². The maximum absolute atomic E-state index is 12.6. The van der Waals surface area contributed by atoms with Crippen molar-refractivity contribution < 1.29 is 19.1 Å². The van der Waals surface area contributed by atoms with Crippen LogP contribution in [-0.2, 0) is 9.53 Å². The highest BCUT2D eigenvalue weighted by Gasteiger charge is 2.27. The summed E-state index contributed by atoms with van der Waals surface area (Å²) in [7, 11) is 0. The molecular formula is C21H26N2O4S. The van der Waals surface area contributed by atoms with Gasteiger partial charge in [-0.3, -0.25) is 9.59 Å². The normalized spacial score (nSPS) is 12.0. The zero-order valence-corrected chi connectivity index (χ0v) is 17.6. The molecule has 1 aromatic carbocycles. The third kappa shape index (κ3) is 5.42. The van der Waals surface area contributed by atoms with Gasteiger partial charge in [-0.2, -0.15) is 0 Å². The molecule has 2 rings (SSSR count). The van der Waals surface area contributed by atoms with Crippen molar-refractivity contribution in [2.24, 2.45) is 0 Å². The summed E-state index contributed by atoms with van der Waals surface area (Å²) in [5.41, 5.74) is 0.888. The highest BCUT2D eigenvalue weighted by Crippen LogP contribution is 2.16. The zero-order chi connectivity index (χ0) is 20.8. The van der Waals surface area contributed by atoms with Crippen LogP contribution in [0.5, 0.6) is 0 Å². The average molecular weight is 403 g/mol. The van der Waals surface area contributed by atoms with Crippen LogP contribution in [0.25, 0.3) is 0 Å². The van der Waals surface area contributed by atoms with E-state index >= 15 is 0 Å². The number of carbonyl (C=O) groups is 3. The molecule has 2 amide bonds. The van der Waals surface area contributed by atoms with Gasteiger partial charge in [-0.25, -0.2) is 4.79 Å². The Morgan fingerprint density at radius 1 is 0.964 bits per heavy atom. The molecule has 0 aliphatic carbocycles. The number of benzene rings is 1. The fourth-order valence-corrected chi connectivity index (χ4v) is 3.50. The van der Waals surface area contributed by atoms with Crippen molar-refractivity contribution in [3.63, 3.8) is 0 Å². The van der Waals surface area contributed by atoms with E-state index in [0.717, 1.165) is 0 Å². The maximum Gasteiger partial charge on any atom is 0.338 e. The summed E-state index contributed by atoms with van der Waals surface area (Å²) in [4.78, 5) is 39.3. The number of carbonyl (C=O) groups excluding carboxylic acids is 3. The molecule has 0 aliphatic heterocycles. The van der Waals surface area contributed by atoms with Crippen molar-refractivity contribution in [3.8, 4) is 0 Å². The first-order valence-corrected chi connectivity index (χ1v) is 10.1. The lowest BCUT2D eigenvalue weighted by Crippen LogP contribution is -2.47. The summed E-state index contributed by atoms with van der Waals surface area (Å²) >= 11 is 1.35. The van der Waals surface area contributed by atoms with Crippen molar-refractivity contribution in [3.05, 3.63) is 52.2 Å². The Morgan fingerprint density at radius 2 is 1.57 bits per heavy atom.